The number of hydrogen-bond acceptors (Lipinski definition) is 1. The molecule has 1 saturated carbocycles. The molecule has 0 radical (unpaired) electrons. The van der Waals surface area contributed by atoms with E-state index in [2.05, 4.69) is 63.9 Å². The molecule has 2 unspecified atom stereocenters. The maximum atomic E-state index is 2.62. The van der Waals surface area contributed by atoms with Crippen LogP contribution in [0.5, 0.6) is 0 Å². The zero-order valence-electron chi connectivity index (χ0n) is 15.7. The van der Waals surface area contributed by atoms with Gasteiger partial charge in [0.2, 0.25) is 0 Å². The first-order valence-electron chi connectivity index (χ1n) is 9.23. The first-order valence-corrected chi connectivity index (χ1v) is 9.23. The third-order valence-corrected chi connectivity index (χ3v) is 6.52. The van der Waals surface area contributed by atoms with Crippen LogP contribution in [0, 0.1) is 24.7 Å². The van der Waals surface area contributed by atoms with E-state index in [1.165, 1.54) is 24.9 Å². The van der Waals surface area contributed by atoms with Crippen LogP contribution in [0.3, 0.4) is 0 Å². The first-order chi connectivity index (χ1) is 10.5. The van der Waals surface area contributed by atoms with Crippen LogP contribution in [-0.2, 0) is 5.41 Å². The van der Waals surface area contributed by atoms with E-state index >= 15 is 0 Å². The van der Waals surface area contributed by atoms with E-state index in [9.17, 15) is 0 Å². The Bertz CT molecular complexity index is 494. The summed E-state index contributed by atoms with van der Waals surface area (Å²) in [6.45, 7) is 14.9. The number of benzene rings is 1. The zero-order chi connectivity index (χ0) is 16.5. The lowest BCUT2D eigenvalue weighted by atomic mass is 9.52. The number of hydrogen-bond donors (Lipinski definition) is 0. The SMILES string of the molecule is CC.Cc1cccc([C@]23CCN(C)[C@H](C(C)C(C)C2)[C@@H]3C)c1. The van der Waals surface area contributed by atoms with Crippen molar-refractivity contribution in [1.82, 2.24) is 4.90 Å². The summed E-state index contributed by atoms with van der Waals surface area (Å²) in [6, 6.07) is 10.1. The van der Waals surface area contributed by atoms with Crippen LogP contribution in [0.15, 0.2) is 24.3 Å². The minimum absolute atomic E-state index is 0.412. The van der Waals surface area contributed by atoms with Gasteiger partial charge in [0.1, 0.15) is 0 Å². The summed E-state index contributed by atoms with van der Waals surface area (Å²) in [4.78, 5) is 2.62. The molecule has 1 nitrogen and oxygen atoms in total. The molecule has 124 valence electrons. The molecule has 0 spiro atoms. The molecule has 2 aliphatic rings. The van der Waals surface area contributed by atoms with Crippen molar-refractivity contribution in [3.05, 3.63) is 35.4 Å². The molecular formula is C21H35N. The van der Waals surface area contributed by atoms with Gasteiger partial charge in [-0.25, -0.2) is 0 Å². The van der Waals surface area contributed by atoms with E-state index in [0.29, 0.717) is 5.41 Å². The van der Waals surface area contributed by atoms with Gasteiger partial charge >= 0.3 is 0 Å². The van der Waals surface area contributed by atoms with Crippen molar-refractivity contribution in [2.75, 3.05) is 13.6 Å². The third-order valence-electron chi connectivity index (χ3n) is 6.52. The van der Waals surface area contributed by atoms with Crippen LogP contribution >= 0.6 is 0 Å². The molecule has 0 amide bonds. The normalized spacial score (nSPS) is 38.1. The number of nitrogens with zero attached hydrogens (tertiary/aromatic N) is 1. The maximum Gasteiger partial charge on any atom is 0.0154 e. The number of rotatable bonds is 1. The van der Waals surface area contributed by atoms with Crippen molar-refractivity contribution in [2.24, 2.45) is 17.8 Å². The summed E-state index contributed by atoms with van der Waals surface area (Å²) in [5.74, 6) is 2.39. The Morgan fingerprint density at radius 3 is 2.45 bits per heavy atom. The van der Waals surface area contributed by atoms with Crippen LogP contribution in [-0.4, -0.2) is 24.5 Å². The van der Waals surface area contributed by atoms with Crippen LogP contribution in [0.4, 0.5) is 0 Å². The average molecular weight is 302 g/mol. The summed E-state index contributed by atoms with van der Waals surface area (Å²) in [5, 5.41) is 0. The fourth-order valence-electron chi connectivity index (χ4n) is 5.18. The van der Waals surface area contributed by atoms with Crippen LogP contribution in [0.1, 0.15) is 58.6 Å². The Balaban J connectivity index is 0.000000847. The highest BCUT2D eigenvalue weighted by Gasteiger charge is 2.53. The van der Waals surface area contributed by atoms with E-state index in [4.69, 9.17) is 0 Å². The summed E-state index contributed by atoms with van der Waals surface area (Å²) in [7, 11) is 2.33. The van der Waals surface area contributed by atoms with Crippen molar-refractivity contribution in [2.45, 2.75) is 65.8 Å². The minimum atomic E-state index is 0.412. The number of likely N-dealkylation sites (tertiary alicyclic amines) is 1. The van der Waals surface area contributed by atoms with E-state index in [1.807, 2.05) is 13.8 Å². The van der Waals surface area contributed by atoms with Crippen molar-refractivity contribution in [1.29, 1.82) is 0 Å². The lowest BCUT2D eigenvalue weighted by Gasteiger charge is -2.59. The van der Waals surface area contributed by atoms with E-state index in [1.54, 1.807) is 5.56 Å². The molecule has 0 aromatic heterocycles. The predicted molar refractivity (Wildman–Crippen MR) is 97.3 cm³/mol. The van der Waals surface area contributed by atoms with Crippen LogP contribution in [0.2, 0.25) is 0 Å². The number of fused-ring (bicyclic) bond motifs is 2. The smallest absolute Gasteiger partial charge is 0.0154 e. The van der Waals surface area contributed by atoms with Crippen LogP contribution in [0.25, 0.3) is 0 Å². The van der Waals surface area contributed by atoms with Crippen molar-refractivity contribution in [3.8, 4) is 0 Å². The van der Waals surface area contributed by atoms with Gasteiger partial charge in [0, 0.05) is 11.5 Å². The molecule has 2 bridgehead atoms. The molecule has 0 N–H and O–H groups in total. The van der Waals surface area contributed by atoms with Crippen LogP contribution < -0.4 is 0 Å². The zero-order valence-corrected chi connectivity index (χ0v) is 15.7. The molecule has 1 aliphatic carbocycles. The predicted octanol–water partition coefficient (Wildman–Crippen LogP) is 5.28. The lowest BCUT2D eigenvalue weighted by molar-refractivity contribution is -0.0458. The molecule has 1 saturated heterocycles. The Morgan fingerprint density at radius 2 is 1.82 bits per heavy atom. The second-order valence-electron chi connectivity index (χ2n) is 7.58. The Kier molecular flexibility index (Phi) is 5.37. The van der Waals surface area contributed by atoms with Gasteiger partial charge in [-0.15, -0.1) is 0 Å². The third kappa shape index (κ3) is 2.73. The topological polar surface area (TPSA) is 3.24 Å². The summed E-state index contributed by atoms with van der Waals surface area (Å²) >= 11 is 0. The Labute approximate surface area is 138 Å². The Morgan fingerprint density at radius 1 is 1.14 bits per heavy atom. The molecule has 1 aliphatic heterocycles. The lowest BCUT2D eigenvalue weighted by Crippen LogP contribution is -2.61. The molecule has 5 atom stereocenters. The van der Waals surface area contributed by atoms with Gasteiger partial charge in [-0.1, -0.05) is 64.4 Å². The van der Waals surface area contributed by atoms with Gasteiger partial charge in [0.25, 0.3) is 0 Å². The molecule has 1 heteroatoms. The number of aryl methyl sites for hydroxylation is 1. The van der Waals surface area contributed by atoms with Gasteiger partial charge in [0.05, 0.1) is 0 Å². The molecule has 3 rings (SSSR count). The second kappa shape index (κ2) is 6.74. The molecule has 2 fully saturated rings. The summed E-state index contributed by atoms with van der Waals surface area (Å²) < 4.78 is 0. The van der Waals surface area contributed by atoms with Gasteiger partial charge < -0.3 is 4.90 Å². The highest BCUT2D eigenvalue weighted by atomic mass is 15.2. The van der Waals surface area contributed by atoms with Crippen molar-refractivity contribution in [3.63, 3.8) is 0 Å². The average Bonchev–Trinajstić information content (AvgIpc) is 2.51. The van der Waals surface area contributed by atoms with E-state index < -0.39 is 0 Å². The Hall–Kier alpha value is -0.820. The maximum absolute atomic E-state index is 2.62. The fourth-order valence-corrected chi connectivity index (χ4v) is 5.18. The van der Waals surface area contributed by atoms with Gasteiger partial charge in [-0.2, -0.15) is 0 Å². The van der Waals surface area contributed by atoms with E-state index in [-0.39, 0.29) is 0 Å². The largest absolute Gasteiger partial charge is 0.303 e. The number of piperidine rings is 1. The van der Waals surface area contributed by atoms with Gasteiger partial charge in [0.15, 0.2) is 0 Å². The monoisotopic (exact) mass is 301 g/mol. The minimum Gasteiger partial charge on any atom is -0.303 e. The standard InChI is InChI=1S/C19H29N.C2H6/c1-13-7-6-8-17(11-13)19-9-10-20(5)18(16(19)4)15(3)14(2)12-19;1-2/h6-8,11,14-16,18H,9-10,12H2,1-5H3;1-2H3/t14?,15?,16-,18+,19+;/m0./s1. The summed E-state index contributed by atoms with van der Waals surface area (Å²) in [5.41, 5.74) is 3.42. The quantitative estimate of drug-likeness (QED) is 0.682. The van der Waals surface area contributed by atoms with Crippen molar-refractivity contribution >= 4 is 0 Å². The van der Waals surface area contributed by atoms with Gasteiger partial charge in [-0.3, -0.25) is 0 Å². The first kappa shape index (κ1) is 17.5. The molecule has 1 aromatic rings. The van der Waals surface area contributed by atoms with Gasteiger partial charge in [-0.05, 0) is 56.7 Å². The molecular weight excluding hydrogens is 266 g/mol. The second-order valence-corrected chi connectivity index (χ2v) is 7.58. The highest BCUT2D eigenvalue weighted by Crippen LogP contribution is 2.54. The molecule has 1 heterocycles. The van der Waals surface area contributed by atoms with E-state index in [0.717, 1.165) is 23.8 Å². The fraction of sp³-hybridized carbons (Fsp3) is 0.714. The van der Waals surface area contributed by atoms with Crippen molar-refractivity contribution < 1.29 is 0 Å². The molecule has 22 heavy (non-hydrogen) atoms. The summed E-state index contributed by atoms with van der Waals surface area (Å²) in [6.07, 6.45) is 2.69. The highest BCUT2D eigenvalue weighted by molar-refractivity contribution is 5.33. The molecule has 1 aromatic carbocycles.